The molecule has 0 aliphatic rings. The van der Waals surface area contributed by atoms with Crippen LogP contribution in [0.1, 0.15) is 34.8 Å². The molecular weight excluding hydrogens is 351 g/mol. The molecule has 3 aromatic carbocycles. The third-order valence-corrected chi connectivity index (χ3v) is 4.09. The summed E-state index contributed by atoms with van der Waals surface area (Å²) in [6, 6.07) is 19.1. The zero-order valence-corrected chi connectivity index (χ0v) is 15.1. The Morgan fingerprint density at radius 3 is 2.30 bits per heavy atom. The predicted octanol–water partition coefficient (Wildman–Crippen LogP) is 5.64. The van der Waals surface area contributed by atoms with Crippen LogP contribution in [0.3, 0.4) is 0 Å². The van der Waals surface area contributed by atoms with Crippen LogP contribution in [0.5, 0.6) is 0 Å². The third-order valence-electron chi connectivity index (χ3n) is 4.09. The number of benzene rings is 3. The van der Waals surface area contributed by atoms with E-state index in [-0.39, 0.29) is 5.78 Å². The smallest absolute Gasteiger partial charge is 0.330 e. The number of halogens is 3. The van der Waals surface area contributed by atoms with Crippen molar-refractivity contribution in [1.29, 1.82) is 0 Å². The van der Waals surface area contributed by atoms with Crippen LogP contribution >= 0.6 is 0 Å². The molecule has 0 saturated carbocycles. The van der Waals surface area contributed by atoms with Crippen LogP contribution in [0.4, 0.5) is 13.2 Å². The van der Waals surface area contributed by atoms with Crippen LogP contribution in [0.25, 0.3) is 10.8 Å². The van der Waals surface area contributed by atoms with E-state index < -0.39 is 11.7 Å². The molecule has 5 heteroatoms. The average molecular weight is 373 g/mol. The topological polar surface area (TPSA) is 43.1 Å². The van der Waals surface area contributed by atoms with Crippen LogP contribution in [0.2, 0.25) is 0 Å². The van der Waals surface area contributed by atoms with Gasteiger partial charge >= 0.3 is 6.18 Å². The quantitative estimate of drug-likeness (QED) is 0.602. The maximum atomic E-state index is 12.3. The lowest BCUT2D eigenvalue weighted by molar-refractivity contribution is -0.137. The fraction of sp³-hybridized carbons (Fsp3) is 0.227. The Balaban J connectivity index is 0.000000194. The summed E-state index contributed by atoms with van der Waals surface area (Å²) in [6.07, 6.45) is -2.94. The van der Waals surface area contributed by atoms with E-state index in [1.807, 2.05) is 42.5 Å². The largest absolute Gasteiger partial charge is 0.416 e. The molecule has 0 amide bonds. The number of Topliss-reactive ketones (excluding diaryl/α,β-unsaturated/α-hetero) is 1. The second-order valence-electron chi connectivity index (χ2n) is 6.17. The molecule has 0 saturated heterocycles. The fourth-order valence-corrected chi connectivity index (χ4v) is 2.74. The molecule has 0 unspecified atom stereocenters. The molecule has 142 valence electrons. The predicted molar refractivity (Wildman–Crippen MR) is 103 cm³/mol. The van der Waals surface area contributed by atoms with E-state index in [0.717, 1.165) is 22.4 Å². The van der Waals surface area contributed by atoms with Crippen LogP contribution in [-0.2, 0) is 12.6 Å². The summed E-state index contributed by atoms with van der Waals surface area (Å²) in [5.41, 5.74) is 6.18. The number of hydrogen-bond acceptors (Lipinski definition) is 2. The summed E-state index contributed by atoms with van der Waals surface area (Å²) in [4.78, 5) is 11.3. The zero-order valence-electron chi connectivity index (χ0n) is 15.1. The zero-order chi connectivity index (χ0) is 19.9. The standard InChI is InChI=1S/C12H10O.C10H12F3N/c1-9(13)11-8-4-6-10-5-2-3-7-12(10)11;11-10(12,13)9-5-1-3-8(7-9)4-2-6-14/h2-8H,1H3;1,3,5,7H,2,4,6,14H2. The number of aryl methyl sites for hydroxylation is 1. The van der Waals surface area contributed by atoms with Gasteiger partial charge in [0.05, 0.1) is 5.56 Å². The van der Waals surface area contributed by atoms with E-state index >= 15 is 0 Å². The fourth-order valence-electron chi connectivity index (χ4n) is 2.74. The number of alkyl halides is 3. The first kappa shape index (κ1) is 20.6. The van der Waals surface area contributed by atoms with E-state index in [2.05, 4.69) is 0 Å². The van der Waals surface area contributed by atoms with E-state index in [0.29, 0.717) is 24.9 Å². The minimum absolute atomic E-state index is 0.122. The summed E-state index contributed by atoms with van der Waals surface area (Å²) in [5.74, 6) is 0.122. The maximum absolute atomic E-state index is 12.3. The molecule has 0 aliphatic carbocycles. The molecule has 0 spiro atoms. The van der Waals surface area contributed by atoms with E-state index in [9.17, 15) is 18.0 Å². The van der Waals surface area contributed by atoms with Crippen LogP contribution < -0.4 is 5.73 Å². The van der Waals surface area contributed by atoms with Crippen molar-refractivity contribution >= 4 is 16.6 Å². The van der Waals surface area contributed by atoms with Crippen molar-refractivity contribution < 1.29 is 18.0 Å². The molecule has 0 aromatic heterocycles. The molecule has 2 N–H and O–H groups in total. The normalized spacial score (nSPS) is 11.0. The number of fused-ring (bicyclic) bond motifs is 1. The van der Waals surface area contributed by atoms with E-state index in [4.69, 9.17) is 5.73 Å². The molecule has 0 aliphatic heterocycles. The van der Waals surface area contributed by atoms with Gasteiger partial charge in [0.1, 0.15) is 0 Å². The molecular formula is C22H22F3NO. The van der Waals surface area contributed by atoms with Crippen LogP contribution in [0.15, 0.2) is 66.7 Å². The molecule has 27 heavy (non-hydrogen) atoms. The van der Waals surface area contributed by atoms with Gasteiger partial charge in [0.15, 0.2) is 5.78 Å². The van der Waals surface area contributed by atoms with E-state index in [1.165, 1.54) is 12.1 Å². The van der Waals surface area contributed by atoms with Gasteiger partial charge < -0.3 is 5.73 Å². The number of carbonyl (C=O) groups excluding carboxylic acids is 1. The highest BCUT2D eigenvalue weighted by atomic mass is 19.4. The summed E-state index contributed by atoms with van der Waals surface area (Å²) in [7, 11) is 0. The Kier molecular flexibility index (Phi) is 7.13. The Morgan fingerprint density at radius 1 is 0.963 bits per heavy atom. The molecule has 2 nitrogen and oxygen atoms in total. The van der Waals surface area contributed by atoms with Crippen molar-refractivity contribution in [3.8, 4) is 0 Å². The Hall–Kier alpha value is -2.66. The highest BCUT2D eigenvalue weighted by molar-refractivity contribution is 6.06. The van der Waals surface area contributed by atoms with Crippen LogP contribution in [-0.4, -0.2) is 12.3 Å². The summed E-state index contributed by atoms with van der Waals surface area (Å²) in [6.45, 7) is 2.10. The lowest BCUT2D eigenvalue weighted by atomic mass is 10.0. The summed E-state index contributed by atoms with van der Waals surface area (Å²) < 4.78 is 36.8. The van der Waals surface area contributed by atoms with Gasteiger partial charge in [0.2, 0.25) is 0 Å². The average Bonchev–Trinajstić information content (AvgIpc) is 2.66. The van der Waals surface area contributed by atoms with Crippen molar-refractivity contribution in [1.82, 2.24) is 0 Å². The highest BCUT2D eigenvalue weighted by Crippen LogP contribution is 2.29. The lowest BCUT2D eigenvalue weighted by Gasteiger charge is -2.08. The summed E-state index contributed by atoms with van der Waals surface area (Å²) >= 11 is 0. The number of carbonyl (C=O) groups is 1. The second-order valence-corrected chi connectivity index (χ2v) is 6.17. The first-order valence-electron chi connectivity index (χ1n) is 8.68. The molecule has 0 heterocycles. The number of nitrogens with two attached hydrogens (primary N) is 1. The molecule has 0 radical (unpaired) electrons. The SMILES string of the molecule is CC(=O)c1cccc2ccccc12.NCCCc1cccc(C(F)(F)F)c1. The van der Waals surface area contributed by atoms with Crippen molar-refractivity contribution in [2.24, 2.45) is 5.73 Å². The number of hydrogen-bond donors (Lipinski definition) is 1. The van der Waals surface area contributed by atoms with Gasteiger partial charge in [-0.15, -0.1) is 0 Å². The first-order valence-corrected chi connectivity index (χ1v) is 8.68. The molecule has 3 rings (SSSR count). The van der Waals surface area contributed by atoms with Crippen molar-refractivity contribution in [2.75, 3.05) is 6.54 Å². The number of ketones is 1. The van der Waals surface area contributed by atoms with Crippen molar-refractivity contribution in [2.45, 2.75) is 25.9 Å². The molecule has 0 fully saturated rings. The van der Waals surface area contributed by atoms with Crippen molar-refractivity contribution in [3.63, 3.8) is 0 Å². The van der Waals surface area contributed by atoms with Crippen molar-refractivity contribution in [3.05, 3.63) is 83.4 Å². The van der Waals surface area contributed by atoms with Gasteiger partial charge in [-0.05, 0) is 48.7 Å². The molecule has 3 aromatic rings. The van der Waals surface area contributed by atoms with Gasteiger partial charge in [-0.2, -0.15) is 13.2 Å². The van der Waals surface area contributed by atoms with Crippen LogP contribution in [0, 0.1) is 0 Å². The van der Waals surface area contributed by atoms with Gasteiger partial charge in [0.25, 0.3) is 0 Å². The van der Waals surface area contributed by atoms with E-state index in [1.54, 1.807) is 13.0 Å². The van der Waals surface area contributed by atoms with Gasteiger partial charge in [-0.25, -0.2) is 0 Å². The van der Waals surface area contributed by atoms with Gasteiger partial charge in [-0.1, -0.05) is 60.7 Å². The third kappa shape index (κ3) is 5.93. The molecule has 0 atom stereocenters. The lowest BCUT2D eigenvalue weighted by Crippen LogP contribution is -2.06. The highest BCUT2D eigenvalue weighted by Gasteiger charge is 2.30. The maximum Gasteiger partial charge on any atom is 0.416 e. The minimum Gasteiger partial charge on any atom is -0.330 e. The first-order chi connectivity index (χ1) is 12.8. The second kappa shape index (κ2) is 9.33. The monoisotopic (exact) mass is 373 g/mol. The Morgan fingerprint density at radius 2 is 1.63 bits per heavy atom. The summed E-state index contributed by atoms with van der Waals surface area (Å²) in [5, 5.41) is 2.16. The van der Waals surface area contributed by atoms with Gasteiger partial charge in [-0.3, -0.25) is 4.79 Å². The minimum atomic E-state index is -4.25. The number of rotatable bonds is 4. The Labute approximate surface area is 156 Å². The van der Waals surface area contributed by atoms with Gasteiger partial charge in [0, 0.05) is 5.56 Å². The molecule has 0 bridgehead atoms. The Bertz CT molecular complexity index is 898.